The molecule has 0 atom stereocenters. The molecule has 0 heterocycles. The van der Waals surface area contributed by atoms with Crippen LogP contribution in [-0.4, -0.2) is 0 Å². The number of aryl methyl sites for hydroxylation is 2. The van der Waals surface area contributed by atoms with E-state index in [1.54, 1.807) is 18.2 Å². The van der Waals surface area contributed by atoms with Crippen LogP contribution in [0.2, 0.25) is 0 Å². The van der Waals surface area contributed by atoms with Gasteiger partial charge in [0.1, 0.15) is 5.82 Å². The van der Waals surface area contributed by atoms with Crippen molar-refractivity contribution in [3.8, 4) is 0 Å². The third-order valence-corrected chi connectivity index (χ3v) is 2.69. The Balaban J connectivity index is 2.41. The SMILES string of the molecule is Cc1ccc(F)c(Nc2c(C)cccc2N)c1. The largest absolute Gasteiger partial charge is 0.397 e. The molecule has 0 spiro atoms. The molecule has 0 saturated heterocycles. The highest BCUT2D eigenvalue weighted by atomic mass is 19.1. The van der Waals surface area contributed by atoms with Crippen LogP contribution in [0.25, 0.3) is 0 Å². The molecule has 0 aliphatic rings. The molecular formula is C14H15FN2. The van der Waals surface area contributed by atoms with Crippen molar-refractivity contribution in [2.75, 3.05) is 11.1 Å². The van der Waals surface area contributed by atoms with Crippen LogP contribution in [0.1, 0.15) is 11.1 Å². The lowest BCUT2D eigenvalue weighted by molar-refractivity contribution is 0.631. The van der Waals surface area contributed by atoms with Gasteiger partial charge in [-0.15, -0.1) is 0 Å². The number of benzene rings is 2. The van der Waals surface area contributed by atoms with Gasteiger partial charge in [0.05, 0.1) is 17.1 Å². The number of rotatable bonds is 2. The van der Waals surface area contributed by atoms with E-state index in [1.165, 1.54) is 6.07 Å². The van der Waals surface area contributed by atoms with E-state index < -0.39 is 0 Å². The number of para-hydroxylation sites is 1. The first-order chi connectivity index (χ1) is 8.08. The van der Waals surface area contributed by atoms with E-state index in [1.807, 2.05) is 26.0 Å². The number of anilines is 3. The molecule has 2 rings (SSSR count). The second kappa shape index (κ2) is 4.45. The molecule has 0 saturated carbocycles. The van der Waals surface area contributed by atoms with Crippen molar-refractivity contribution in [3.05, 3.63) is 53.3 Å². The van der Waals surface area contributed by atoms with E-state index in [0.29, 0.717) is 11.4 Å². The van der Waals surface area contributed by atoms with Crippen molar-refractivity contribution in [3.63, 3.8) is 0 Å². The Hall–Kier alpha value is -2.03. The van der Waals surface area contributed by atoms with Crippen LogP contribution in [-0.2, 0) is 0 Å². The van der Waals surface area contributed by atoms with Crippen LogP contribution in [0.15, 0.2) is 36.4 Å². The summed E-state index contributed by atoms with van der Waals surface area (Å²) in [5.41, 5.74) is 9.69. The zero-order valence-corrected chi connectivity index (χ0v) is 9.92. The van der Waals surface area contributed by atoms with Crippen molar-refractivity contribution in [1.29, 1.82) is 0 Å². The van der Waals surface area contributed by atoms with Crippen molar-refractivity contribution >= 4 is 17.1 Å². The minimum atomic E-state index is -0.279. The van der Waals surface area contributed by atoms with Gasteiger partial charge in [-0.1, -0.05) is 18.2 Å². The van der Waals surface area contributed by atoms with Gasteiger partial charge in [-0.2, -0.15) is 0 Å². The fraction of sp³-hybridized carbons (Fsp3) is 0.143. The van der Waals surface area contributed by atoms with Gasteiger partial charge in [-0.05, 0) is 43.2 Å². The van der Waals surface area contributed by atoms with E-state index in [-0.39, 0.29) is 5.82 Å². The maximum absolute atomic E-state index is 13.6. The third kappa shape index (κ3) is 2.38. The summed E-state index contributed by atoms with van der Waals surface area (Å²) in [5, 5.41) is 3.05. The number of halogens is 1. The summed E-state index contributed by atoms with van der Waals surface area (Å²) < 4.78 is 13.6. The minimum Gasteiger partial charge on any atom is -0.397 e. The molecule has 0 amide bonds. The van der Waals surface area contributed by atoms with Crippen molar-refractivity contribution in [2.45, 2.75) is 13.8 Å². The second-order valence-electron chi connectivity index (χ2n) is 4.15. The standard InChI is InChI=1S/C14H15FN2/c1-9-6-7-11(15)13(8-9)17-14-10(2)4-3-5-12(14)16/h3-8,17H,16H2,1-2H3. The molecule has 2 aromatic carbocycles. The number of hydrogen-bond donors (Lipinski definition) is 2. The number of nitrogens with one attached hydrogen (secondary N) is 1. The first kappa shape index (κ1) is 11.5. The van der Waals surface area contributed by atoms with E-state index in [2.05, 4.69) is 5.32 Å². The van der Waals surface area contributed by atoms with Gasteiger partial charge in [0.2, 0.25) is 0 Å². The van der Waals surface area contributed by atoms with E-state index in [9.17, 15) is 4.39 Å². The van der Waals surface area contributed by atoms with E-state index in [4.69, 9.17) is 5.73 Å². The molecule has 0 aromatic heterocycles. The molecule has 0 unspecified atom stereocenters. The topological polar surface area (TPSA) is 38.0 Å². The fourth-order valence-electron chi connectivity index (χ4n) is 1.73. The molecule has 2 aromatic rings. The van der Waals surface area contributed by atoms with Gasteiger partial charge in [0, 0.05) is 0 Å². The Labute approximate surface area is 100 Å². The molecule has 0 radical (unpaired) electrons. The molecule has 17 heavy (non-hydrogen) atoms. The summed E-state index contributed by atoms with van der Waals surface area (Å²) in [6, 6.07) is 10.6. The smallest absolute Gasteiger partial charge is 0.146 e. The van der Waals surface area contributed by atoms with Crippen LogP contribution >= 0.6 is 0 Å². The van der Waals surface area contributed by atoms with Gasteiger partial charge < -0.3 is 11.1 Å². The predicted octanol–water partition coefficient (Wildman–Crippen LogP) is 3.77. The Morgan fingerprint density at radius 1 is 1.12 bits per heavy atom. The number of hydrogen-bond acceptors (Lipinski definition) is 2. The van der Waals surface area contributed by atoms with Gasteiger partial charge in [-0.3, -0.25) is 0 Å². The molecule has 3 heteroatoms. The van der Waals surface area contributed by atoms with Crippen molar-refractivity contribution in [2.24, 2.45) is 0 Å². The lowest BCUT2D eigenvalue weighted by atomic mass is 10.1. The summed E-state index contributed by atoms with van der Waals surface area (Å²) in [5.74, 6) is -0.279. The summed E-state index contributed by atoms with van der Waals surface area (Å²) in [4.78, 5) is 0. The lowest BCUT2D eigenvalue weighted by Gasteiger charge is -2.13. The van der Waals surface area contributed by atoms with Crippen LogP contribution in [0, 0.1) is 19.7 Å². The summed E-state index contributed by atoms with van der Waals surface area (Å²) >= 11 is 0. The first-order valence-electron chi connectivity index (χ1n) is 5.46. The lowest BCUT2D eigenvalue weighted by Crippen LogP contribution is -2.00. The minimum absolute atomic E-state index is 0.279. The molecule has 0 fully saturated rings. The quantitative estimate of drug-likeness (QED) is 0.771. The summed E-state index contributed by atoms with van der Waals surface area (Å²) in [6.45, 7) is 3.86. The molecular weight excluding hydrogens is 215 g/mol. The zero-order valence-electron chi connectivity index (χ0n) is 9.92. The average molecular weight is 230 g/mol. The molecule has 0 bridgehead atoms. The second-order valence-corrected chi connectivity index (χ2v) is 4.15. The van der Waals surface area contributed by atoms with Gasteiger partial charge in [0.15, 0.2) is 0 Å². The average Bonchev–Trinajstić information content (AvgIpc) is 2.28. The molecule has 2 nitrogen and oxygen atoms in total. The summed E-state index contributed by atoms with van der Waals surface area (Å²) in [6.07, 6.45) is 0. The zero-order chi connectivity index (χ0) is 12.4. The van der Waals surface area contributed by atoms with Gasteiger partial charge in [-0.25, -0.2) is 4.39 Å². The number of nitrogen functional groups attached to an aromatic ring is 1. The highest BCUT2D eigenvalue weighted by Gasteiger charge is 2.06. The Morgan fingerprint density at radius 3 is 2.59 bits per heavy atom. The van der Waals surface area contributed by atoms with Crippen LogP contribution in [0.4, 0.5) is 21.5 Å². The molecule has 0 aliphatic heterocycles. The Bertz CT molecular complexity index is 530. The van der Waals surface area contributed by atoms with Crippen LogP contribution in [0.5, 0.6) is 0 Å². The highest BCUT2D eigenvalue weighted by Crippen LogP contribution is 2.28. The fourth-order valence-corrected chi connectivity index (χ4v) is 1.73. The maximum atomic E-state index is 13.6. The first-order valence-corrected chi connectivity index (χ1v) is 5.46. The van der Waals surface area contributed by atoms with Crippen LogP contribution in [0.3, 0.4) is 0 Å². The maximum Gasteiger partial charge on any atom is 0.146 e. The van der Waals surface area contributed by atoms with E-state index >= 15 is 0 Å². The normalized spacial score (nSPS) is 10.3. The molecule has 3 N–H and O–H groups in total. The number of nitrogens with two attached hydrogens (primary N) is 1. The van der Waals surface area contributed by atoms with Crippen LogP contribution < -0.4 is 11.1 Å². The highest BCUT2D eigenvalue weighted by molar-refractivity contribution is 5.75. The Kier molecular flexibility index (Phi) is 3.00. The predicted molar refractivity (Wildman–Crippen MR) is 70.0 cm³/mol. The molecule has 88 valence electrons. The molecule has 0 aliphatic carbocycles. The van der Waals surface area contributed by atoms with Gasteiger partial charge >= 0.3 is 0 Å². The van der Waals surface area contributed by atoms with Crippen molar-refractivity contribution in [1.82, 2.24) is 0 Å². The van der Waals surface area contributed by atoms with Crippen molar-refractivity contribution < 1.29 is 4.39 Å². The summed E-state index contributed by atoms with van der Waals surface area (Å²) in [7, 11) is 0. The Morgan fingerprint density at radius 2 is 1.88 bits per heavy atom. The monoisotopic (exact) mass is 230 g/mol. The van der Waals surface area contributed by atoms with Gasteiger partial charge in [0.25, 0.3) is 0 Å². The van der Waals surface area contributed by atoms with E-state index in [0.717, 1.165) is 16.8 Å². The third-order valence-electron chi connectivity index (χ3n) is 2.69.